The Morgan fingerprint density at radius 1 is 1.21 bits per heavy atom. The zero-order valence-electron chi connectivity index (χ0n) is 13.3. The number of rotatable bonds is 7. The molecule has 24 heavy (non-hydrogen) atoms. The predicted molar refractivity (Wildman–Crippen MR) is 88.4 cm³/mol. The Morgan fingerprint density at radius 3 is 2.42 bits per heavy atom. The molecule has 0 fully saturated rings. The monoisotopic (exact) mass is 331 g/mol. The van der Waals surface area contributed by atoms with E-state index in [0.717, 1.165) is 0 Å². The van der Waals surface area contributed by atoms with Gasteiger partial charge in [-0.1, -0.05) is 36.4 Å². The van der Waals surface area contributed by atoms with E-state index in [2.05, 4.69) is 0 Å². The molecule has 0 aliphatic heterocycles. The largest absolute Gasteiger partial charge is 0.491 e. The number of aliphatic hydroxyl groups excluding tert-OH is 2. The molecule has 2 rings (SSSR count). The van der Waals surface area contributed by atoms with Gasteiger partial charge in [-0.05, 0) is 35.7 Å². The van der Waals surface area contributed by atoms with E-state index in [4.69, 9.17) is 15.6 Å². The highest BCUT2D eigenvalue weighted by Crippen LogP contribution is 2.32. The van der Waals surface area contributed by atoms with Gasteiger partial charge in [-0.2, -0.15) is 0 Å². The first-order chi connectivity index (χ1) is 11.4. The molecular formula is C18H21NO5. The van der Waals surface area contributed by atoms with Crippen molar-refractivity contribution in [2.45, 2.75) is 18.6 Å². The number of hydrogen-bond donors (Lipinski definition) is 4. The molecule has 6 heteroatoms. The Hall–Kier alpha value is -2.41. The maximum Gasteiger partial charge on any atom is 0.258 e. The lowest BCUT2D eigenvalue weighted by Crippen LogP contribution is -2.42. The van der Waals surface area contributed by atoms with Gasteiger partial charge in [-0.3, -0.25) is 4.79 Å². The molecule has 0 bridgehead atoms. The molecule has 5 N–H and O–H groups in total. The summed E-state index contributed by atoms with van der Waals surface area (Å²) in [5, 5.41) is 29.1. The summed E-state index contributed by atoms with van der Waals surface area (Å²) in [6.45, 7) is 1.29. The lowest BCUT2D eigenvalue weighted by molar-refractivity contribution is -0.133. The topological polar surface area (TPSA) is 113 Å². The Labute approximate surface area is 140 Å². The summed E-state index contributed by atoms with van der Waals surface area (Å²) in [5.41, 5.74) is 4.87. The summed E-state index contributed by atoms with van der Waals surface area (Å²) in [4.78, 5) is 12.0. The van der Waals surface area contributed by atoms with Gasteiger partial charge in [-0.25, -0.2) is 0 Å². The first-order valence-electron chi connectivity index (χ1n) is 7.50. The first-order valence-corrected chi connectivity index (χ1v) is 7.50. The van der Waals surface area contributed by atoms with Crippen molar-refractivity contribution in [3.8, 4) is 5.75 Å². The van der Waals surface area contributed by atoms with Crippen molar-refractivity contribution in [3.05, 3.63) is 65.2 Å². The summed E-state index contributed by atoms with van der Waals surface area (Å²) in [5.74, 6) is -0.399. The number of hydrogen-bond acceptors (Lipinski definition) is 5. The number of aliphatic hydroxyl groups is 3. The van der Waals surface area contributed by atoms with Crippen LogP contribution in [0.15, 0.2) is 48.5 Å². The molecule has 0 aliphatic rings. The van der Waals surface area contributed by atoms with Crippen molar-refractivity contribution in [2.24, 2.45) is 5.73 Å². The van der Waals surface area contributed by atoms with Gasteiger partial charge in [0.05, 0.1) is 6.61 Å². The number of carbonyl (C=O) groups excluding carboxylic acids is 1. The van der Waals surface area contributed by atoms with Crippen molar-refractivity contribution in [3.63, 3.8) is 0 Å². The number of amides is 1. The maximum atomic E-state index is 12.0. The van der Waals surface area contributed by atoms with Crippen molar-refractivity contribution in [1.29, 1.82) is 0 Å². The minimum absolute atomic E-state index is 0.0601. The molecule has 0 radical (unpaired) electrons. The second-order valence-corrected chi connectivity index (χ2v) is 5.57. The summed E-state index contributed by atoms with van der Waals surface area (Å²) in [6, 6.07) is 13.2. The smallest absolute Gasteiger partial charge is 0.258 e. The molecule has 1 unspecified atom stereocenters. The number of carbonyl (C=O) groups is 1. The molecule has 2 aromatic carbocycles. The van der Waals surface area contributed by atoms with Crippen molar-refractivity contribution in [1.82, 2.24) is 0 Å². The van der Waals surface area contributed by atoms with E-state index >= 15 is 0 Å². The van der Waals surface area contributed by atoms with Gasteiger partial charge in [0, 0.05) is 0 Å². The number of ether oxygens (including phenoxy) is 1. The molecule has 0 saturated carbocycles. The number of aryl methyl sites for hydroxylation is 1. The van der Waals surface area contributed by atoms with Crippen LogP contribution in [0.3, 0.4) is 0 Å². The van der Waals surface area contributed by atoms with Gasteiger partial charge in [0.1, 0.15) is 18.5 Å². The van der Waals surface area contributed by atoms with Gasteiger partial charge >= 0.3 is 0 Å². The van der Waals surface area contributed by atoms with Crippen LogP contribution >= 0.6 is 0 Å². The molecule has 0 aromatic heterocycles. The van der Waals surface area contributed by atoms with Gasteiger partial charge in [0.25, 0.3) is 5.91 Å². The highest BCUT2D eigenvalue weighted by atomic mass is 16.5. The van der Waals surface area contributed by atoms with E-state index in [1.54, 1.807) is 55.5 Å². The average Bonchev–Trinajstić information content (AvgIpc) is 2.60. The Morgan fingerprint density at radius 2 is 1.88 bits per heavy atom. The van der Waals surface area contributed by atoms with Gasteiger partial charge < -0.3 is 25.8 Å². The molecule has 0 spiro atoms. The van der Waals surface area contributed by atoms with E-state index in [1.807, 2.05) is 0 Å². The fraction of sp³-hybridized carbons (Fsp3) is 0.278. The van der Waals surface area contributed by atoms with E-state index < -0.39 is 24.2 Å². The third kappa shape index (κ3) is 3.56. The van der Waals surface area contributed by atoms with E-state index in [-0.39, 0.29) is 6.61 Å². The second kappa shape index (κ2) is 7.44. The van der Waals surface area contributed by atoms with Crippen LogP contribution in [-0.4, -0.2) is 40.5 Å². The summed E-state index contributed by atoms with van der Waals surface area (Å²) >= 11 is 0. The van der Waals surface area contributed by atoms with Gasteiger partial charge in [-0.15, -0.1) is 0 Å². The molecule has 0 aliphatic carbocycles. The Kier molecular flexibility index (Phi) is 5.56. The third-order valence-electron chi connectivity index (χ3n) is 3.78. The zero-order valence-corrected chi connectivity index (χ0v) is 13.3. The van der Waals surface area contributed by atoms with Crippen LogP contribution in [0.4, 0.5) is 0 Å². The van der Waals surface area contributed by atoms with E-state index in [9.17, 15) is 15.0 Å². The minimum Gasteiger partial charge on any atom is -0.491 e. The quantitative estimate of drug-likeness (QED) is 0.588. The highest BCUT2D eigenvalue weighted by molar-refractivity contribution is 5.88. The number of primary amides is 1. The predicted octanol–water partition coefficient (Wildman–Crippen LogP) is 0.448. The summed E-state index contributed by atoms with van der Waals surface area (Å²) in [7, 11) is 0. The Balaban J connectivity index is 2.36. The van der Waals surface area contributed by atoms with Crippen LogP contribution in [0.1, 0.15) is 16.7 Å². The van der Waals surface area contributed by atoms with Gasteiger partial charge in [0.2, 0.25) is 0 Å². The lowest BCUT2D eigenvalue weighted by atomic mass is 9.85. The molecule has 2 aromatic rings. The summed E-state index contributed by atoms with van der Waals surface area (Å²) in [6.07, 6.45) is -0.976. The van der Waals surface area contributed by atoms with Crippen molar-refractivity contribution < 1.29 is 24.9 Å². The zero-order chi connectivity index (χ0) is 17.7. The van der Waals surface area contributed by atoms with E-state index in [0.29, 0.717) is 22.4 Å². The highest BCUT2D eigenvalue weighted by Gasteiger charge is 2.38. The molecule has 2 atom stereocenters. The van der Waals surface area contributed by atoms with Crippen LogP contribution in [0.25, 0.3) is 0 Å². The van der Waals surface area contributed by atoms with E-state index in [1.165, 1.54) is 0 Å². The second-order valence-electron chi connectivity index (χ2n) is 5.57. The summed E-state index contributed by atoms with van der Waals surface area (Å²) < 4.78 is 5.42. The average molecular weight is 331 g/mol. The SMILES string of the molecule is Cc1cc(C(O)(C(N)=O)c2ccccc2)ccc1OC[C@@H](O)CO. The number of nitrogens with two attached hydrogens (primary N) is 1. The molecular weight excluding hydrogens is 310 g/mol. The van der Waals surface area contributed by atoms with Crippen molar-refractivity contribution in [2.75, 3.05) is 13.2 Å². The third-order valence-corrected chi connectivity index (χ3v) is 3.78. The molecule has 0 saturated heterocycles. The van der Waals surface area contributed by atoms with Gasteiger partial charge in [0.15, 0.2) is 5.60 Å². The standard InChI is InChI=1S/C18H21NO5/c1-12-9-14(7-8-16(12)24-11-15(21)10-20)18(23,17(19)22)13-5-3-2-4-6-13/h2-9,15,20-21,23H,10-11H2,1H3,(H2,19,22)/t15-,18?/m0/s1. The number of benzene rings is 2. The van der Waals surface area contributed by atoms with Crippen LogP contribution in [0.5, 0.6) is 5.75 Å². The van der Waals surface area contributed by atoms with Crippen LogP contribution in [0, 0.1) is 6.92 Å². The lowest BCUT2D eigenvalue weighted by Gasteiger charge is -2.26. The molecule has 128 valence electrons. The fourth-order valence-electron chi connectivity index (χ4n) is 2.41. The Bertz CT molecular complexity index is 704. The first kappa shape index (κ1) is 17.9. The molecule has 0 heterocycles. The molecule has 1 amide bonds. The van der Waals surface area contributed by atoms with Crippen LogP contribution in [-0.2, 0) is 10.4 Å². The minimum atomic E-state index is -1.95. The van der Waals surface area contributed by atoms with Crippen LogP contribution in [0.2, 0.25) is 0 Å². The normalized spacial score (nSPS) is 14.7. The maximum absolute atomic E-state index is 12.0. The van der Waals surface area contributed by atoms with Crippen molar-refractivity contribution >= 4 is 5.91 Å². The molecule has 6 nitrogen and oxygen atoms in total. The van der Waals surface area contributed by atoms with Crippen LogP contribution < -0.4 is 10.5 Å². The fourth-order valence-corrected chi connectivity index (χ4v) is 2.41.